The second-order valence-electron chi connectivity index (χ2n) is 14.4. The molecule has 2 amide bonds. The van der Waals surface area contributed by atoms with Crippen molar-refractivity contribution in [3.8, 4) is 33.5 Å². The minimum Gasteiger partial charge on any atom is -0.465 e. The summed E-state index contributed by atoms with van der Waals surface area (Å²) in [6, 6.07) is 27.3. The zero-order chi connectivity index (χ0) is 34.6. The van der Waals surface area contributed by atoms with Crippen LogP contribution in [0.2, 0.25) is 0 Å². The van der Waals surface area contributed by atoms with E-state index in [-0.39, 0.29) is 18.2 Å². The third kappa shape index (κ3) is 6.06. The number of carbonyl (C=O) groups is 2. The molecule has 254 valence electrons. The number of hydrogen-bond acceptors (Lipinski definition) is 5. The third-order valence-corrected chi connectivity index (χ3v) is 9.81. The second kappa shape index (κ2) is 12.4. The van der Waals surface area contributed by atoms with E-state index in [4.69, 9.17) is 9.72 Å². The molecule has 0 aliphatic carbocycles. The largest absolute Gasteiger partial charge is 0.465 e. The average Bonchev–Trinajstić information content (AvgIpc) is 3.92. The van der Waals surface area contributed by atoms with Crippen molar-refractivity contribution in [1.29, 1.82) is 0 Å². The lowest BCUT2D eigenvalue weighted by molar-refractivity contribution is 0.0219. The molecule has 10 nitrogen and oxygen atoms in total. The maximum atomic E-state index is 12.9. The van der Waals surface area contributed by atoms with Gasteiger partial charge >= 0.3 is 12.2 Å². The molecule has 2 fully saturated rings. The fourth-order valence-corrected chi connectivity index (χ4v) is 7.34. The highest BCUT2D eigenvalue weighted by Gasteiger charge is 2.35. The highest BCUT2D eigenvalue weighted by atomic mass is 16.6. The molecule has 50 heavy (non-hydrogen) atoms. The molecular weight excluding hydrogens is 628 g/mol. The van der Waals surface area contributed by atoms with E-state index >= 15 is 0 Å². The molecule has 4 heterocycles. The summed E-state index contributed by atoms with van der Waals surface area (Å²) >= 11 is 0. The number of imidazole rings is 2. The molecule has 6 aromatic rings. The van der Waals surface area contributed by atoms with Gasteiger partial charge in [-0.15, -0.1) is 0 Å². The first-order valence-corrected chi connectivity index (χ1v) is 17.3. The van der Waals surface area contributed by atoms with Crippen molar-refractivity contribution in [2.24, 2.45) is 0 Å². The van der Waals surface area contributed by atoms with Gasteiger partial charge in [0.2, 0.25) is 0 Å². The first-order valence-electron chi connectivity index (χ1n) is 17.3. The van der Waals surface area contributed by atoms with Crippen LogP contribution in [-0.4, -0.2) is 65.7 Å². The van der Waals surface area contributed by atoms with Gasteiger partial charge in [-0.1, -0.05) is 54.6 Å². The minimum absolute atomic E-state index is 0.132. The molecule has 2 saturated heterocycles. The summed E-state index contributed by atoms with van der Waals surface area (Å²) in [5.74, 6) is 1.49. The van der Waals surface area contributed by atoms with Crippen LogP contribution < -0.4 is 0 Å². The summed E-state index contributed by atoms with van der Waals surface area (Å²) < 4.78 is 5.67. The van der Waals surface area contributed by atoms with Gasteiger partial charge in [0.15, 0.2) is 0 Å². The van der Waals surface area contributed by atoms with Crippen LogP contribution in [0.4, 0.5) is 9.59 Å². The van der Waals surface area contributed by atoms with Crippen molar-refractivity contribution < 1.29 is 19.4 Å². The van der Waals surface area contributed by atoms with E-state index < -0.39 is 11.7 Å². The molecule has 0 spiro atoms. The monoisotopic (exact) mass is 668 g/mol. The van der Waals surface area contributed by atoms with Crippen LogP contribution in [0, 0.1) is 0 Å². The van der Waals surface area contributed by atoms with Crippen molar-refractivity contribution in [3.63, 3.8) is 0 Å². The smallest absolute Gasteiger partial charge is 0.410 e. The van der Waals surface area contributed by atoms with E-state index in [0.29, 0.717) is 18.9 Å². The molecule has 2 atom stereocenters. The van der Waals surface area contributed by atoms with Gasteiger partial charge in [0.05, 0.1) is 35.0 Å². The van der Waals surface area contributed by atoms with Crippen LogP contribution in [0.1, 0.15) is 70.2 Å². The Labute approximate surface area is 290 Å². The molecule has 10 heteroatoms. The number of aromatic amines is 2. The number of ether oxygens (including phenoxy) is 1. The molecule has 2 aromatic heterocycles. The van der Waals surface area contributed by atoms with Crippen LogP contribution in [0.15, 0.2) is 85.1 Å². The van der Waals surface area contributed by atoms with E-state index in [1.54, 1.807) is 11.1 Å². The van der Waals surface area contributed by atoms with Crippen LogP contribution in [-0.2, 0) is 4.74 Å². The number of nitrogens with one attached hydrogen (secondary N) is 2. The van der Waals surface area contributed by atoms with E-state index in [1.807, 2.05) is 26.8 Å². The molecular formula is C40H40N6O4. The van der Waals surface area contributed by atoms with Gasteiger partial charge in [0.1, 0.15) is 17.2 Å². The number of nitrogens with zero attached hydrogens (tertiary/aromatic N) is 4. The van der Waals surface area contributed by atoms with E-state index in [0.717, 1.165) is 86.8 Å². The maximum Gasteiger partial charge on any atom is 0.410 e. The number of fused-ring (bicyclic) bond motifs is 2. The zero-order valence-corrected chi connectivity index (χ0v) is 28.4. The number of hydrogen-bond donors (Lipinski definition) is 3. The standard InChI is InChI=1S/C40H40N6O4/c1-40(2,3)50-39(49)46-19-5-7-35(46)37-42-31-17-16-29(22-32(31)43-37)28-15-11-25-10-14-27(20-30(25)21-28)24-8-12-26(13-9-24)33-23-41-36(44-33)34-6-4-18-45(34)38(47)48/h8-17,20-23,34-35H,4-7,18-19H2,1-3H3,(H,41,44)(H,42,43)(H,47,48)/t34-,35-/m0/s1. The summed E-state index contributed by atoms with van der Waals surface area (Å²) in [6.45, 7) is 6.86. The van der Waals surface area contributed by atoms with Gasteiger partial charge < -0.3 is 19.8 Å². The van der Waals surface area contributed by atoms with Crippen molar-refractivity contribution >= 4 is 34.0 Å². The number of carboxylic acid groups (broad SMARTS) is 1. The molecule has 2 aliphatic rings. The predicted octanol–water partition coefficient (Wildman–Crippen LogP) is 9.33. The van der Waals surface area contributed by atoms with Gasteiger partial charge in [0, 0.05) is 13.1 Å². The highest BCUT2D eigenvalue weighted by molar-refractivity contribution is 5.92. The van der Waals surface area contributed by atoms with Gasteiger partial charge in [-0.3, -0.25) is 9.80 Å². The lowest BCUT2D eigenvalue weighted by atomic mass is 9.97. The molecule has 0 unspecified atom stereocenters. The van der Waals surface area contributed by atoms with Gasteiger partial charge in [0.25, 0.3) is 0 Å². The van der Waals surface area contributed by atoms with Gasteiger partial charge in [-0.25, -0.2) is 19.6 Å². The van der Waals surface area contributed by atoms with E-state index in [1.165, 1.54) is 4.90 Å². The number of H-pyrrole nitrogens is 2. The Morgan fingerprint density at radius 3 is 2.04 bits per heavy atom. The predicted molar refractivity (Wildman–Crippen MR) is 194 cm³/mol. The quantitative estimate of drug-likeness (QED) is 0.168. The van der Waals surface area contributed by atoms with Crippen LogP contribution in [0.25, 0.3) is 55.3 Å². The Hall–Kier alpha value is -5.64. The Morgan fingerprint density at radius 2 is 1.34 bits per heavy atom. The minimum atomic E-state index is -0.904. The fourth-order valence-electron chi connectivity index (χ4n) is 7.34. The molecule has 4 aromatic carbocycles. The molecule has 0 bridgehead atoms. The van der Waals surface area contributed by atoms with Crippen molar-refractivity contribution in [2.75, 3.05) is 13.1 Å². The van der Waals surface area contributed by atoms with Gasteiger partial charge in [-0.2, -0.15) is 0 Å². The lowest BCUT2D eigenvalue weighted by Crippen LogP contribution is -2.36. The number of rotatable bonds is 5. The Bertz CT molecular complexity index is 2230. The lowest BCUT2D eigenvalue weighted by Gasteiger charge is -2.27. The molecule has 3 N–H and O–H groups in total. The topological polar surface area (TPSA) is 127 Å². The summed E-state index contributed by atoms with van der Waals surface area (Å²) in [6.07, 6.45) is 3.96. The molecule has 8 rings (SSSR count). The van der Waals surface area contributed by atoms with Crippen LogP contribution >= 0.6 is 0 Å². The number of likely N-dealkylation sites (tertiary alicyclic amines) is 2. The molecule has 0 radical (unpaired) electrons. The van der Waals surface area contributed by atoms with Crippen molar-refractivity contribution in [1.82, 2.24) is 29.7 Å². The normalized spacial score (nSPS) is 18.0. The van der Waals surface area contributed by atoms with Crippen LogP contribution in [0.5, 0.6) is 0 Å². The Kier molecular flexibility index (Phi) is 7.81. The van der Waals surface area contributed by atoms with Crippen molar-refractivity contribution in [2.45, 2.75) is 64.1 Å². The molecule has 2 aliphatic heterocycles. The Morgan fingerprint density at radius 1 is 0.740 bits per heavy atom. The number of aromatic nitrogens is 4. The molecule has 0 saturated carbocycles. The maximum absolute atomic E-state index is 12.9. The number of amides is 2. The summed E-state index contributed by atoms with van der Waals surface area (Å²) in [7, 11) is 0. The average molecular weight is 669 g/mol. The summed E-state index contributed by atoms with van der Waals surface area (Å²) in [4.78, 5) is 44.0. The van der Waals surface area contributed by atoms with Crippen molar-refractivity contribution in [3.05, 3.63) is 96.7 Å². The van der Waals surface area contributed by atoms with E-state index in [9.17, 15) is 14.7 Å². The Balaban J connectivity index is 1.02. The SMILES string of the molecule is CC(C)(C)OC(=O)N1CCC[C@H]1c1nc2ccc(-c3ccc4ccc(-c5ccc(-c6cnc([C@@H]7CCCN7C(=O)O)[nH]6)cc5)cc4c3)cc2[nH]1. The summed E-state index contributed by atoms with van der Waals surface area (Å²) in [5.41, 5.74) is 7.56. The van der Waals surface area contributed by atoms with Gasteiger partial charge in [-0.05, 0) is 109 Å². The second-order valence-corrected chi connectivity index (χ2v) is 14.4. The van der Waals surface area contributed by atoms with E-state index in [2.05, 4.69) is 87.7 Å². The van der Waals surface area contributed by atoms with Crippen LogP contribution in [0.3, 0.4) is 0 Å². The first-order chi connectivity index (χ1) is 24.1. The summed E-state index contributed by atoms with van der Waals surface area (Å²) in [5, 5.41) is 11.8. The fraction of sp³-hybridized carbons (Fsp3) is 0.300. The zero-order valence-electron chi connectivity index (χ0n) is 28.4. The number of benzene rings is 4. The number of carbonyl (C=O) groups excluding carboxylic acids is 1. The first kappa shape index (κ1) is 31.6. The highest BCUT2D eigenvalue weighted by Crippen LogP contribution is 2.36. The third-order valence-electron chi connectivity index (χ3n) is 9.81.